The monoisotopic (exact) mass is 307 g/mol. The molecule has 1 rings (SSSR count). The second-order valence-corrected chi connectivity index (χ2v) is 4.21. The van der Waals surface area contributed by atoms with Gasteiger partial charge in [-0.1, -0.05) is 11.6 Å². The number of halogens is 3. The molecule has 0 atom stereocenters. The first-order valence-corrected chi connectivity index (χ1v) is 5.12. The number of rotatable bonds is 1. The highest BCUT2D eigenvalue weighted by Crippen LogP contribution is 2.32. The largest absolute Gasteiger partial charge is 0.198 e. The zero-order valence-corrected chi connectivity index (χ0v) is 9.87. The fraction of sp³-hybridized carbons (Fsp3) is 0.125. The van der Waals surface area contributed by atoms with E-state index in [2.05, 4.69) is 37.9 Å². The molecule has 0 aliphatic rings. The van der Waals surface area contributed by atoms with Gasteiger partial charge in [-0.05, 0) is 44.0 Å². The van der Waals surface area contributed by atoms with Crippen LogP contribution in [0.25, 0.3) is 0 Å². The Balaban J connectivity index is 3.25. The van der Waals surface area contributed by atoms with Crippen molar-refractivity contribution in [2.75, 3.05) is 0 Å². The lowest BCUT2D eigenvalue weighted by Gasteiger charge is -2.03. The van der Waals surface area contributed by atoms with Gasteiger partial charge in [0.25, 0.3) is 0 Å². The van der Waals surface area contributed by atoms with Crippen LogP contribution in [0.4, 0.5) is 0 Å². The van der Waals surface area contributed by atoms with Gasteiger partial charge < -0.3 is 0 Å². The van der Waals surface area contributed by atoms with E-state index in [1.54, 1.807) is 6.07 Å². The van der Waals surface area contributed by atoms with Gasteiger partial charge in [0.2, 0.25) is 0 Å². The molecular formula is C8H4Br2ClN. The van der Waals surface area contributed by atoms with E-state index >= 15 is 0 Å². The molecule has 0 aliphatic carbocycles. The lowest BCUT2D eigenvalue weighted by Crippen LogP contribution is -1.86. The first kappa shape index (κ1) is 10.0. The normalized spacial score (nSPS) is 9.50. The van der Waals surface area contributed by atoms with Crippen molar-refractivity contribution in [3.8, 4) is 6.07 Å². The molecule has 0 aromatic heterocycles. The van der Waals surface area contributed by atoms with Crippen LogP contribution in [0, 0.1) is 11.3 Å². The summed E-state index contributed by atoms with van der Waals surface area (Å²) >= 11 is 12.6. The molecular weight excluding hydrogens is 305 g/mol. The molecule has 0 N–H and O–H groups in total. The van der Waals surface area contributed by atoms with Gasteiger partial charge in [-0.2, -0.15) is 5.26 Å². The van der Waals surface area contributed by atoms with Crippen molar-refractivity contribution < 1.29 is 0 Å². The van der Waals surface area contributed by atoms with Crippen LogP contribution in [0.2, 0.25) is 5.02 Å². The molecule has 1 nitrogen and oxygen atoms in total. The van der Waals surface area contributed by atoms with Gasteiger partial charge >= 0.3 is 0 Å². The molecule has 0 saturated heterocycles. The summed E-state index contributed by atoms with van der Waals surface area (Å²) in [5.41, 5.74) is 0.827. The van der Waals surface area contributed by atoms with Gasteiger partial charge in [-0.25, -0.2) is 0 Å². The average molecular weight is 309 g/mol. The zero-order chi connectivity index (χ0) is 9.14. The van der Waals surface area contributed by atoms with Crippen LogP contribution >= 0.6 is 43.5 Å². The van der Waals surface area contributed by atoms with Crippen molar-refractivity contribution in [3.05, 3.63) is 31.7 Å². The molecule has 0 unspecified atom stereocenters. The van der Waals surface area contributed by atoms with E-state index in [-0.39, 0.29) is 0 Å². The molecule has 12 heavy (non-hydrogen) atoms. The lowest BCUT2D eigenvalue weighted by molar-refractivity contribution is 1.24. The molecule has 0 bridgehead atoms. The predicted molar refractivity (Wildman–Crippen MR) is 56.2 cm³/mol. The summed E-state index contributed by atoms with van der Waals surface area (Å²) in [5, 5.41) is 9.13. The van der Waals surface area contributed by atoms with E-state index in [9.17, 15) is 0 Å². The lowest BCUT2D eigenvalue weighted by atomic mass is 10.2. The Morgan fingerprint density at radius 3 is 2.67 bits per heavy atom. The van der Waals surface area contributed by atoms with Crippen molar-refractivity contribution in [1.29, 1.82) is 5.26 Å². The third-order valence-corrected chi connectivity index (χ3v) is 3.85. The van der Waals surface area contributed by atoms with Crippen LogP contribution < -0.4 is 0 Å². The van der Waals surface area contributed by atoms with Gasteiger partial charge in [0.1, 0.15) is 0 Å². The van der Waals surface area contributed by atoms with E-state index in [4.69, 9.17) is 16.9 Å². The molecule has 0 heterocycles. The molecule has 0 saturated carbocycles. The zero-order valence-electron chi connectivity index (χ0n) is 5.94. The van der Waals surface area contributed by atoms with Crippen molar-refractivity contribution in [1.82, 2.24) is 0 Å². The number of benzene rings is 1. The SMILES string of the molecule is N#CCc1c(Cl)ccc(Br)c1Br. The molecule has 0 spiro atoms. The van der Waals surface area contributed by atoms with Crippen molar-refractivity contribution >= 4 is 43.5 Å². The fourth-order valence-corrected chi connectivity index (χ4v) is 2.01. The van der Waals surface area contributed by atoms with Gasteiger partial charge in [0.05, 0.1) is 12.5 Å². The first-order valence-electron chi connectivity index (χ1n) is 3.16. The summed E-state index contributed by atoms with van der Waals surface area (Å²) < 4.78 is 1.77. The Kier molecular flexibility index (Phi) is 3.57. The van der Waals surface area contributed by atoms with E-state index in [1.165, 1.54) is 0 Å². The molecule has 0 radical (unpaired) electrons. The Bertz CT molecular complexity index is 344. The molecule has 0 fully saturated rings. The highest BCUT2D eigenvalue weighted by Gasteiger charge is 2.07. The second kappa shape index (κ2) is 4.27. The van der Waals surface area contributed by atoms with E-state index in [0.717, 1.165) is 14.5 Å². The van der Waals surface area contributed by atoms with Crippen molar-refractivity contribution in [2.24, 2.45) is 0 Å². The third-order valence-electron chi connectivity index (χ3n) is 1.39. The number of nitriles is 1. The van der Waals surface area contributed by atoms with Crippen LogP contribution in [0.15, 0.2) is 21.1 Å². The summed E-state index contributed by atoms with van der Waals surface area (Å²) in [4.78, 5) is 0. The smallest absolute Gasteiger partial charge is 0.0670 e. The molecule has 1 aromatic carbocycles. The van der Waals surface area contributed by atoms with Gasteiger partial charge in [0, 0.05) is 19.5 Å². The Morgan fingerprint density at radius 2 is 2.08 bits per heavy atom. The van der Waals surface area contributed by atoms with Crippen molar-refractivity contribution in [3.63, 3.8) is 0 Å². The molecule has 0 amide bonds. The predicted octanol–water partition coefficient (Wildman–Crippen LogP) is 3.93. The summed E-state index contributed by atoms with van der Waals surface area (Å²) in [5.74, 6) is 0. The second-order valence-electron chi connectivity index (χ2n) is 2.16. The summed E-state index contributed by atoms with van der Waals surface area (Å²) in [7, 11) is 0. The van der Waals surface area contributed by atoms with E-state index in [1.807, 2.05) is 6.07 Å². The maximum absolute atomic E-state index is 8.51. The average Bonchev–Trinajstić information content (AvgIpc) is 2.06. The van der Waals surface area contributed by atoms with E-state index in [0.29, 0.717) is 11.4 Å². The fourth-order valence-electron chi connectivity index (χ4n) is 0.810. The van der Waals surface area contributed by atoms with Crippen LogP contribution in [0.3, 0.4) is 0 Å². The molecule has 1 aromatic rings. The number of hydrogen-bond acceptors (Lipinski definition) is 1. The third kappa shape index (κ3) is 2.01. The highest BCUT2D eigenvalue weighted by molar-refractivity contribution is 9.13. The van der Waals surface area contributed by atoms with Gasteiger partial charge in [-0.3, -0.25) is 0 Å². The maximum Gasteiger partial charge on any atom is 0.0670 e. The molecule has 4 heteroatoms. The van der Waals surface area contributed by atoms with Gasteiger partial charge in [-0.15, -0.1) is 0 Å². The topological polar surface area (TPSA) is 23.8 Å². The van der Waals surface area contributed by atoms with Crippen LogP contribution in [0.5, 0.6) is 0 Å². The Hall–Kier alpha value is -0.0400. The summed E-state index contributed by atoms with van der Waals surface area (Å²) in [6, 6.07) is 5.67. The first-order chi connectivity index (χ1) is 5.66. The Labute approximate surface area is 92.6 Å². The number of hydrogen-bond donors (Lipinski definition) is 0. The summed E-state index contributed by atoms with van der Waals surface area (Å²) in [6.45, 7) is 0. The van der Waals surface area contributed by atoms with Crippen LogP contribution in [-0.4, -0.2) is 0 Å². The minimum Gasteiger partial charge on any atom is -0.198 e. The minimum absolute atomic E-state index is 0.318. The van der Waals surface area contributed by atoms with Crippen LogP contribution in [0.1, 0.15) is 5.56 Å². The van der Waals surface area contributed by atoms with Gasteiger partial charge in [0.15, 0.2) is 0 Å². The van der Waals surface area contributed by atoms with Crippen molar-refractivity contribution in [2.45, 2.75) is 6.42 Å². The standard InChI is InChI=1S/C8H4Br2ClN/c9-6-1-2-7(11)5(3-4-12)8(6)10/h1-2H,3H2. The maximum atomic E-state index is 8.51. The molecule has 0 aliphatic heterocycles. The quantitative estimate of drug-likeness (QED) is 0.721. The molecule has 62 valence electrons. The summed E-state index contributed by atoms with van der Waals surface area (Å²) in [6.07, 6.45) is 0.318. The highest BCUT2D eigenvalue weighted by atomic mass is 79.9. The van der Waals surface area contributed by atoms with Crippen LogP contribution in [-0.2, 0) is 6.42 Å². The van der Waals surface area contributed by atoms with E-state index < -0.39 is 0 Å². The number of nitrogens with zero attached hydrogens (tertiary/aromatic N) is 1. The Morgan fingerprint density at radius 1 is 1.42 bits per heavy atom. The minimum atomic E-state index is 0.318.